The van der Waals surface area contributed by atoms with Crippen LogP contribution in [0.3, 0.4) is 0 Å². The van der Waals surface area contributed by atoms with E-state index < -0.39 is 0 Å². The van der Waals surface area contributed by atoms with Crippen LogP contribution in [0, 0.1) is 5.82 Å². The third-order valence-corrected chi connectivity index (χ3v) is 7.06. The van der Waals surface area contributed by atoms with Crippen LogP contribution in [0.1, 0.15) is 42.7 Å². The lowest BCUT2D eigenvalue weighted by atomic mass is 9.89. The van der Waals surface area contributed by atoms with Crippen LogP contribution in [-0.2, 0) is 11.8 Å². The first-order valence-electron chi connectivity index (χ1n) is 12.3. The smallest absolute Gasteiger partial charge is 0.256 e. The highest BCUT2D eigenvalue weighted by molar-refractivity contribution is 6.26. The Morgan fingerprint density at radius 2 is 1.89 bits per heavy atom. The van der Waals surface area contributed by atoms with Gasteiger partial charge in [0.1, 0.15) is 5.82 Å². The Kier molecular flexibility index (Phi) is 6.68. The number of amides is 1. The Bertz CT molecular complexity index is 1240. The fourth-order valence-electron chi connectivity index (χ4n) is 5.00. The number of hydrogen-bond acceptors (Lipinski definition) is 4. The molecule has 2 aliphatic heterocycles. The predicted molar refractivity (Wildman–Crippen MR) is 139 cm³/mol. The maximum absolute atomic E-state index is 15.0. The molecule has 1 aromatic heterocycles. The summed E-state index contributed by atoms with van der Waals surface area (Å²) in [7, 11) is 3.97. The summed E-state index contributed by atoms with van der Waals surface area (Å²) in [6, 6.07) is 11.5. The second kappa shape index (κ2) is 10.0. The molecule has 2 aliphatic rings. The van der Waals surface area contributed by atoms with Crippen molar-refractivity contribution in [3.8, 4) is 11.1 Å². The standard InChI is InChI=1S/C28H32FN5O/c1-33-13-10-20(11-14-33)19-6-8-22(9-7-19)32-28(35)23-5-3-4-12-30-27-16-26(29)24(15-25(23)27)21-17-31-34(2)18-21/h5-9,15-18,20,30H,3-4,10-14H2,1-2H3,(H,32,35)/b23-5+. The molecule has 2 aromatic carbocycles. The lowest BCUT2D eigenvalue weighted by Crippen LogP contribution is -2.29. The lowest BCUT2D eigenvalue weighted by Gasteiger charge is -2.29. The van der Waals surface area contributed by atoms with Gasteiger partial charge in [0.15, 0.2) is 0 Å². The number of benzene rings is 2. The van der Waals surface area contributed by atoms with Crippen LogP contribution in [0.15, 0.2) is 54.9 Å². The van der Waals surface area contributed by atoms with Crippen LogP contribution in [0.25, 0.3) is 16.7 Å². The van der Waals surface area contributed by atoms with Gasteiger partial charge in [0.25, 0.3) is 5.91 Å². The third kappa shape index (κ3) is 5.15. The predicted octanol–water partition coefficient (Wildman–Crippen LogP) is 5.26. The topological polar surface area (TPSA) is 62.2 Å². The Morgan fingerprint density at radius 1 is 1.11 bits per heavy atom. The molecule has 1 fully saturated rings. The molecule has 0 saturated carbocycles. The zero-order valence-electron chi connectivity index (χ0n) is 20.4. The van der Waals surface area contributed by atoms with Gasteiger partial charge in [-0.15, -0.1) is 0 Å². The van der Waals surface area contributed by atoms with Crippen molar-refractivity contribution in [2.45, 2.75) is 31.6 Å². The summed E-state index contributed by atoms with van der Waals surface area (Å²) >= 11 is 0. The number of likely N-dealkylation sites (tertiary alicyclic amines) is 1. The zero-order chi connectivity index (χ0) is 24.4. The van der Waals surface area contributed by atoms with Crippen LogP contribution >= 0.6 is 0 Å². The monoisotopic (exact) mass is 473 g/mol. The number of piperidine rings is 1. The van der Waals surface area contributed by atoms with E-state index in [0.29, 0.717) is 33.9 Å². The van der Waals surface area contributed by atoms with Gasteiger partial charge < -0.3 is 15.5 Å². The molecule has 3 aromatic rings. The first-order valence-corrected chi connectivity index (χ1v) is 12.3. The Labute approximate surface area is 205 Å². The summed E-state index contributed by atoms with van der Waals surface area (Å²) in [4.78, 5) is 15.8. The van der Waals surface area contributed by atoms with Crippen molar-refractivity contribution in [2.24, 2.45) is 7.05 Å². The van der Waals surface area contributed by atoms with Crippen molar-refractivity contribution in [2.75, 3.05) is 37.3 Å². The summed E-state index contributed by atoms with van der Waals surface area (Å²) < 4.78 is 16.6. The fraction of sp³-hybridized carbons (Fsp3) is 0.357. The zero-order valence-corrected chi connectivity index (χ0v) is 20.4. The molecule has 0 unspecified atom stereocenters. The number of halogens is 1. The molecule has 0 aliphatic carbocycles. The van der Waals surface area contributed by atoms with Gasteiger partial charge in [0, 0.05) is 53.4 Å². The molecule has 0 radical (unpaired) electrons. The quantitative estimate of drug-likeness (QED) is 0.542. The minimum atomic E-state index is -0.339. The number of anilines is 2. The minimum absolute atomic E-state index is 0.189. The molecule has 1 amide bonds. The molecule has 0 bridgehead atoms. The molecule has 0 atom stereocenters. The van der Waals surface area contributed by atoms with Gasteiger partial charge in [-0.1, -0.05) is 18.2 Å². The largest absolute Gasteiger partial charge is 0.384 e. The molecule has 3 heterocycles. The lowest BCUT2D eigenvalue weighted by molar-refractivity contribution is -0.111. The molecule has 2 N–H and O–H groups in total. The van der Waals surface area contributed by atoms with Gasteiger partial charge in [-0.2, -0.15) is 5.10 Å². The first kappa shape index (κ1) is 23.3. The minimum Gasteiger partial charge on any atom is -0.384 e. The van der Waals surface area contributed by atoms with Crippen molar-refractivity contribution in [3.05, 3.63) is 71.8 Å². The molecule has 35 heavy (non-hydrogen) atoms. The highest BCUT2D eigenvalue weighted by Gasteiger charge is 2.22. The second-order valence-electron chi connectivity index (χ2n) is 9.62. The molecule has 5 rings (SSSR count). The number of nitrogens with one attached hydrogen (secondary N) is 2. The van der Waals surface area contributed by atoms with Gasteiger partial charge in [0.2, 0.25) is 0 Å². The highest BCUT2D eigenvalue weighted by Crippen LogP contribution is 2.35. The average molecular weight is 474 g/mol. The van der Waals surface area contributed by atoms with E-state index in [-0.39, 0.29) is 11.7 Å². The number of rotatable bonds is 4. The Hall–Kier alpha value is -3.45. The maximum Gasteiger partial charge on any atom is 0.256 e. The summed E-state index contributed by atoms with van der Waals surface area (Å²) in [5, 5.41) is 10.5. The number of nitrogens with zero attached hydrogens (tertiary/aromatic N) is 3. The van der Waals surface area contributed by atoms with Crippen LogP contribution in [0.5, 0.6) is 0 Å². The number of fused-ring (bicyclic) bond motifs is 1. The van der Waals surface area contributed by atoms with E-state index in [9.17, 15) is 9.18 Å². The normalized spacial score (nSPS) is 18.5. The number of aryl methyl sites for hydroxylation is 1. The molecule has 7 heteroatoms. The highest BCUT2D eigenvalue weighted by atomic mass is 19.1. The Balaban J connectivity index is 1.40. The van der Waals surface area contributed by atoms with Gasteiger partial charge in [-0.25, -0.2) is 4.39 Å². The first-order chi connectivity index (χ1) is 17.0. The van der Waals surface area contributed by atoms with Crippen LogP contribution in [0.2, 0.25) is 0 Å². The van der Waals surface area contributed by atoms with Gasteiger partial charge in [-0.05, 0) is 81.6 Å². The van der Waals surface area contributed by atoms with Crippen molar-refractivity contribution >= 4 is 22.9 Å². The fourth-order valence-corrected chi connectivity index (χ4v) is 5.00. The number of hydrogen-bond donors (Lipinski definition) is 2. The van der Waals surface area contributed by atoms with E-state index in [1.54, 1.807) is 30.2 Å². The number of carbonyl (C=O) groups excluding carboxylic acids is 1. The molecular weight excluding hydrogens is 441 g/mol. The van der Waals surface area contributed by atoms with E-state index in [1.165, 1.54) is 11.6 Å². The average Bonchev–Trinajstić information content (AvgIpc) is 3.27. The van der Waals surface area contributed by atoms with Crippen molar-refractivity contribution in [1.82, 2.24) is 14.7 Å². The van der Waals surface area contributed by atoms with E-state index in [1.807, 2.05) is 18.2 Å². The molecular formula is C28H32FN5O. The molecule has 1 saturated heterocycles. The van der Waals surface area contributed by atoms with Crippen molar-refractivity contribution < 1.29 is 9.18 Å². The number of carbonyl (C=O) groups is 1. The van der Waals surface area contributed by atoms with Crippen LogP contribution in [0.4, 0.5) is 15.8 Å². The molecule has 182 valence electrons. The van der Waals surface area contributed by atoms with Gasteiger partial charge in [0.05, 0.1) is 6.20 Å². The van der Waals surface area contributed by atoms with E-state index >= 15 is 0 Å². The molecule has 0 spiro atoms. The van der Waals surface area contributed by atoms with E-state index in [0.717, 1.165) is 51.0 Å². The summed E-state index contributed by atoms with van der Waals surface area (Å²) in [5.41, 5.74) is 5.08. The third-order valence-electron chi connectivity index (χ3n) is 7.06. The molecule has 6 nitrogen and oxygen atoms in total. The maximum atomic E-state index is 15.0. The number of aromatic nitrogens is 2. The summed E-state index contributed by atoms with van der Waals surface area (Å²) in [5.74, 6) is 0.0443. The van der Waals surface area contributed by atoms with Crippen LogP contribution < -0.4 is 10.6 Å². The summed E-state index contributed by atoms with van der Waals surface area (Å²) in [6.45, 7) is 2.96. The van der Waals surface area contributed by atoms with Crippen LogP contribution in [-0.4, -0.2) is 47.3 Å². The van der Waals surface area contributed by atoms with E-state index in [4.69, 9.17) is 0 Å². The van der Waals surface area contributed by atoms with Crippen molar-refractivity contribution in [3.63, 3.8) is 0 Å². The number of allylic oxidation sites excluding steroid dienone is 1. The Morgan fingerprint density at radius 3 is 2.60 bits per heavy atom. The summed E-state index contributed by atoms with van der Waals surface area (Å²) in [6.07, 6.45) is 9.33. The van der Waals surface area contributed by atoms with Gasteiger partial charge in [-0.3, -0.25) is 9.48 Å². The second-order valence-corrected chi connectivity index (χ2v) is 9.62. The van der Waals surface area contributed by atoms with Gasteiger partial charge >= 0.3 is 0 Å². The SMILES string of the molecule is CN1CCC(c2ccc(NC(=O)/C3=C/CCCNc4cc(F)c(-c5cnn(C)c5)cc43)cc2)CC1. The van der Waals surface area contributed by atoms with E-state index in [2.05, 4.69) is 39.8 Å². The van der Waals surface area contributed by atoms with Crippen molar-refractivity contribution in [1.29, 1.82) is 0 Å².